The van der Waals surface area contributed by atoms with Crippen LogP contribution >= 0.6 is 0 Å². The van der Waals surface area contributed by atoms with Gasteiger partial charge < -0.3 is 20.1 Å². The Hall–Kier alpha value is -3.87. The first-order valence-corrected chi connectivity index (χ1v) is 10.8. The summed E-state index contributed by atoms with van der Waals surface area (Å²) in [5, 5.41) is 0. The molecule has 0 bridgehead atoms. The Kier molecular flexibility index (Phi) is 6.05. The molecule has 4 rings (SSSR count). The van der Waals surface area contributed by atoms with Crippen LogP contribution < -0.4 is 15.2 Å². The van der Waals surface area contributed by atoms with Gasteiger partial charge in [0.25, 0.3) is 5.91 Å². The van der Waals surface area contributed by atoms with Crippen molar-refractivity contribution in [2.24, 2.45) is 5.73 Å². The van der Waals surface area contributed by atoms with Gasteiger partial charge in [0.1, 0.15) is 5.54 Å². The quantitative estimate of drug-likeness (QED) is 0.572. The normalized spacial score (nSPS) is 14.5. The van der Waals surface area contributed by atoms with E-state index in [0.29, 0.717) is 41.5 Å². The van der Waals surface area contributed by atoms with Crippen molar-refractivity contribution in [2.75, 3.05) is 13.7 Å². The number of methoxy groups -OCH3 is 1. The largest absolute Gasteiger partial charge is 0.493 e. The topological polar surface area (TPSA) is 94.8 Å². The van der Waals surface area contributed by atoms with Crippen molar-refractivity contribution >= 4 is 11.8 Å². The Labute approximate surface area is 193 Å². The van der Waals surface area contributed by atoms with E-state index < -0.39 is 11.4 Å². The molecule has 1 atom stereocenters. The number of amides is 2. The van der Waals surface area contributed by atoms with Crippen LogP contribution in [0.2, 0.25) is 0 Å². The summed E-state index contributed by atoms with van der Waals surface area (Å²) >= 11 is 0. The lowest BCUT2D eigenvalue weighted by Crippen LogP contribution is -2.50. The van der Waals surface area contributed by atoms with E-state index in [4.69, 9.17) is 15.2 Å². The molecule has 0 aliphatic carbocycles. The molecule has 7 nitrogen and oxygen atoms in total. The van der Waals surface area contributed by atoms with Crippen LogP contribution in [-0.2, 0) is 16.9 Å². The van der Waals surface area contributed by atoms with Crippen molar-refractivity contribution in [3.8, 4) is 11.5 Å². The Bertz CT molecular complexity index is 1210. The minimum Gasteiger partial charge on any atom is -0.493 e. The lowest BCUT2D eigenvalue weighted by Gasteiger charge is -2.41. The highest BCUT2D eigenvalue weighted by Crippen LogP contribution is 2.45. The van der Waals surface area contributed by atoms with Gasteiger partial charge in [0.05, 0.1) is 25.8 Å². The number of rotatable bonds is 8. The molecule has 3 aromatic rings. The van der Waals surface area contributed by atoms with Gasteiger partial charge in [0, 0.05) is 18.3 Å². The minimum atomic E-state index is -1.23. The third-order valence-corrected chi connectivity index (χ3v) is 5.99. The van der Waals surface area contributed by atoms with E-state index in [1.807, 2.05) is 50.2 Å². The Balaban J connectivity index is 1.99. The van der Waals surface area contributed by atoms with Gasteiger partial charge in [-0.2, -0.15) is 0 Å². The van der Waals surface area contributed by atoms with E-state index in [1.165, 1.54) is 0 Å². The second kappa shape index (κ2) is 8.94. The molecule has 33 heavy (non-hydrogen) atoms. The molecule has 1 aliphatic rings. The molecule has 170 valence electrons. The van der Waals surface area contributed by atoms with Gasteiger partial charge in [-0.05, 0) is 60.9 Å². The molecule has 1 aromatic heterocycles. The zero-order chi connectivity index (χ0) is 23.6. The maximum atomic E-state index is 13.7. The number of carbonyl (C=O) groups excluding carboxylic acids is 2. The molecule has 0 spiro atoms. The smallest absolute Gasteiger partial charge is 0.255 e. The number of ether oxygens (including phenoxy) is 2. The number of benzene rings is 2. The number of carbonyl (C=O) groups is 2. The van der Waals surface area contributed by atoms with Gasteiger partial charge in [-0.25, -0.2) is 0 Å². The van der Waals surface area contributed by atoms with Gasteiger partial charge in [0.15, 0.2) is 11.5 Å². The summed E-state index contributed by atoms with van der Waals surface area (Å²) in [5.74, 6) is 0.350. The van der Waals surface area contributed by atoms with Crippen LogP contribution in [0, 0.1) is 6.92 Å². The van der Waals surface area contributed by atoms with Gasteiger partial charge >= 0.3 is 0 Å². The molecule has 2 aromatic carbocycles. The highest BCUT2D eigenvalue weighted by molar-refractivity contribution is 5.99. The van der Waals surface area contributed by atoms with Gasteiger partial charge in [-0.15, -0.1) is 0 Å². The second-order valence-corrected chi connectivity index (χ2v) is 8.07. The number of aromatic nitrogens is 1. The molecule has 0 saturated carbocycles. The zero-order valence-electron chi connectivity index (χ0n) is 19.0. The summed E-state index contributed by atoms with van der Waals surface area (Å²) < 4.78 is 11.3. The lowest BCUT2D eigenvalue weighted by atomic mass is 9.80. The number of nitrogens with two attached hydrogens (primary N) is 1. The average molecular weight is 446 g/mol. The third kappa shape index (κ3) is 3.91. The molecule has 7 heteroatoms. The van der Waals surface area contributed by atoms with Crippen LogP contribution in [0.25, 0.3) is 0 Å². The Morgan fingerprint density at radius 3 is 2.61 bits per heavy atom. The SMILES string of the molecule is CCOc1ccc(C(CC(N)=O)(c2cc(C)ccn2)N2Cc3ccccc3C2=O)cc1OC. The average Bonchev–Trinajstić information content (AvgIpc) is 3.15. The molecule has 1 unspecified atom stereocenters. The maximum absolute atomic E-state index is 13.7. The number of fused-ring (bicyclic) bond motifs is 1. The molecule has 2 heterocycles. The number of hydrogen-bond donors (Lipinski definition) is 1. The summed E-state index contributed by atoms with van der Waals surface area (Å²) in [6.45, 7) is 4.63. The summed E-state index contributed by atoms with van der Waals surface area (Å²) in [4.78, 5) is 32.5. The third-order valence-electron chi connectivity index (χ3n) is 5.99. The van der Waals surface area contributed by atoms with Crippen LogP contribution in [0.15, 0.2) is 60.8 Å². The molecular weight excluding hydrogens is 418 g/mol. The van der Waals surface area contributed by atoms with E-state index in [9.17, 15) is 9.59 Å². The van der Waals surface area contributed by atoms with Crippen LogP contribution in [0.3, 0.4) is 0 Å². The van der Waals surface area contributed by atoms with Crippen LogP contribution in [0.1, 0.15) is 46.1 Å². The fourth-order valence-electron chi connectivity index (χ4n) is 4.51. The first kappa shape index (κ1) is 22.3. The fraction of sp³-hybridized carbons (Fsp3) is 0.269. The summed E-state index contributed by atoms with van der Waals surface area (Å²) in [6, 6.07) is 16.7. The van der Waals surface area contributed by atoms with Crippen molar-refractivity contribution < 1.29 is 19.1 Å². The maximum Gasteiger partial charge on any atom is 0.255 e. The highest BCUT2D eigenvalue weighted by Gasteiger charge is 2.49. The molecular formula is C26H27N3O4. The van der Waals surface area contributed by atoms with Crippen molar-refractivity contribution in [3.05, 3.63) is 88.7 Å². The first-order chi connectivity index (χ1) is 15.9. The number of hydrogen-bond acceptors (Lipinski definition) is 5. The summed E-state index contributed by atoms with van der Waals surface area (Å²) in [5.41, 5.74) is 8.25. The molecule has 1 aliphatic heterocycles. The van der Waals surface area contributed by atoms with E-state index in [2.05, 4.69) is 4.98 Å². The second-order valence-electron chi connectivity index (χ2n) is 8.07. The Morgan fingerprint density at radius 1 is 1.15 bits per heavy atom. The minimum absolute atomic E-state index is 0.139. The van der Waals surface area contributed by atoms with Crippen molar-refractivity contribution in [1.82, 2.24) is 9.88 Å². The van der Waals surface area contributed by atoms with Crippen LogP contribution in [-0.4, -0.2) is 35.4 Å². The van der Waals surface area contributed by atoms with Crippen molar-refractivity contribution in [1.29, 1.82) is 0 Å². The van der Waals surface area contributed by atoms with E-state index >= 15 is 0 Å². The fourth-order valence-corrected chi connectivity index (χ4v) is 4.51. The van der Waals surface area contributed by atoms with E-state index in [-0.39, 0.29) is 12.3 Å². The van der Waals surface area contributed by atoms with Crippen LogP contribution in [0.5, 0.6) is 11.5 Å². The van der Waals surface area contributed by atoms with Crippen molar-refractivity contribution in [3.63, 3.8) is 0 Å². The lowest BCUT2D eigenvalue weighted by molar-refractivity contribution is -0.120. The monoisotopic (exact) mass is 445 g/mol. The first-order valence-electron chi connectivity index (χ1n) is 10.8. The molecule has 0 fully saturated rings. The standard InChI is InChI=1S/C26H27N3O4/c1-4-33-21-10-9-19(14-22(21)32-3)26(15-24(27)30,23-13-17(2)11-12-28-23)29-16-18-7-5-6-8-20(18)25(29)31/h5-14H,4,15-16H2,1-3H3,(H2,27,30). The van der Waals surface area contributed by atoms with Gasteiger partial charge in [-0.1, -0.05) is 24.3 Å². The molecule has 0 radical (unpaired) electrons. The number of primary amides is 1. The number of nitrogens with zero attached hydrogens (tertiary/aromatic N) is 2. The van der Waals surface area contributed by atoms with E-state index in [1.54, 1.807) is 36.4 Å². The van der Waals surface area contributed by atoms with Gasteiger partial charge in [-0.3, -0.25) is 14.6 Å². The van der Waals surface area contributed by atoms with E-state index in [0.717, 1.165) is 11.1 Å². The highest BCUT2D eigenvalue weighted by atomic mass is 16.5. The molecule has 2 N–H and O–H groups in total. The Morgan fingerprint density at radius 2 is 1.94 bits per heavy atom. The van der Waals surface area contributed by atoms with Gasteiger partial charge in [0.2, 0.25) is 5.91 Å². The summed E-state index contributed by atoms with van der Waals surface area (Å²) in [7, 11) is 1.55. The zero-order valence-corrected chi connectivity index (χ0v) is 19.0. The predicted octanol–water partition coefficient (Wildman–Crippen LogP) is 3.57. The van der Waals surface area contributed by atoms with Crippen molar-refractivity contribution in [2.45, 2.75) is 32.4 Å². The number of aryl methyl sites for hydroxylation is 1. The number of pyridine rings is 1. The predicted molar refractivity (Wildman–Crippen MR) is 124 cm³/mol. The summed E-state index contributed by atoms with van der Waals surface area (Å²) in [6.07, 6.45) is 1.54. The van der Waals surface area contributed by atoms with Crippen LogP contribution in [0.4, 0.5) is 0 Å². The molecule has 0 saturated heterocycles. The molecule has 2 amide bonds.